The largest absolute Gasteiger partial charge is 0.507 e. The number of benzene rings is 3. The molecule has 0 aliphatic rings. The van der Waals surface area contributed by atoms with Crippen molar-refractivity contribution in [1.29, 1.82) is 10.7 Å². The van der Waals surface area contributed by atoms with Crippen LogP contribution in [-0.4, -0.2) is 21.8 Å². The van der Waals surface area contributed by atoms with Gasteiger partial charge in [-0.25, -0.2) is 13.2 Å². The Bertz CT molecular complexity index is 1380. The molecule has 3 aromatic carbocycles. The minimum absolute atomic E-state index is 0.0475. The van der Waals surface area contributed by atoms with E-state index in [1.54, 1.807) is 16.8 Å². The van der Waals surface area contributed by atoms with Gasteiger partial charge in [0.2, 0.25) is 5.91 Å². The second kappa shape index (κ2) is 9.70. The molecule has 1 amide bonds. The number of aromatic hydroxyl groups is 1. The number of phenols is 1. The number of hydrogen-bond acceptors (Lipinski definition) is 4. The van der Waals surface area contributed by atoms with E-state index in [0.717, 1.165) is 28.6 Å². The summed E-state index contributed by atoms with van der Waals surface area (Å²) in [6, 6.07) is 14.9. The number of carbonyl (C=O) groups is 1. The van der Waals surface area contributed by atoms with Gasteiger partial charge < -0.3 is 20.8 Å². The third-order valence-electron chi connectivity index (χ3n) is 4.80. The zero-order valence-electron chi connectivity index (χ0n) is 17.0. The highest BCUT2D eigenvalue weighted by atomic mass is 19.2. The van der Waals surface area contributed by atoms with Crippen molar-refractivity contribution in [2.45, 2.75) is 6.54 Å². The van der Waals surface area contributed by atoms with Gasteiger partial charge in [0.15, 0.2) is 17.5 Å². The number of aromatic nitrogens is 1. The second-order valence-electron chi connectivity index (χ2n) is 6.95. The number of amides is 1. The molecule has 6 nitrogen and oxygen atoms in total. The van der Waals surface area contributed by atoms with Gasteiger partial charge in [0, 0.05) is 41.0 Å². The first-order valence-electron chi connectivity index (χ1n) is 9.49. The summed E-state index contributed by atoms with van der Waals surface area (Å²) in [4.78, 5) is 10.6. The molecule has 0 saturated heterocycles. The SMILES string of the molecule is N#Cc1cc(C(N)=O)ccc1O.N=Cc1cccc2c1ccn2Cc1cc(F)c(F)c(F)c1. The third kappa shape index (κ3) is 5.02. The van der Waals surface area contributed by atoms with Crippen LogP contribution in [0.15, 0.2) is 60.8 Å². The number of nitriles is 1. The quantitative estimate of drug-likeness (QED) is 0.315. The van der Waals surface area contributed by atoms with Gasteiger partial charge in [-0.05, 0) is 48.0 Å². The Labute approximate surface area is 186 Å². The summed E-state index contributed by atoms with van der Waals surface area (Å²) in [5.74, 6) is -4.61. The second-order valence-corrected chi connectivity index (χ2v) is 6.95. The fraction of sp³-hybridized carbons (Fsp3) is 0.0417. The molecule has 4 aromatic rings. The lowest BCUT2D eigenvalue weighted by atomic mass is 10.1. The molecule has 0 bridgehead atoms. The molecule has 0 spiro atoms. The van der Waals surface area contributed by atoms with Gasteiger partial charge in [-0.3, -0.25) is 4.79 Å². The van der Waals surface area contributed by atoms with Crippen LogP contribution in [0, 0.1) is 34.2 Å². The number of halogens is 3. The number of phenolic OH excluding ortho intramolecular Hbond substituents is 1. The molecule has 0 radical (unpaired) electrons. The Morgan fingerprint density at radius 3 is 2.42 bits per heavy atom. The van der Waals surface area contributed by atoms with Crippen LogP contribution in [0.5, 0.6) is 5.75 Å². The molecular weight excluding hydrogens is 433 g/mol. The van der Waals surface area contributed by atoms with Crippen LogP contribution in [0.3, 0.4) is 0 Å². The van der Waals surface area contributed by atoms with Crippen molar-refractivity contribution < 1.29 is 23.1 Å². The predicted molar refractivity (Wildman–Crippen MR) is 117 cm³/mol. The van der Waals surface area contributed by atoms with Crippen LogP contribution >= 0.6 is 0 Å². The van der Waals surface area contributed by atoms with Crippen LogP contribution in [0.2, 0.25) is 0 Å². The summed E-state index contributed by atoms with van der Waals surface area (Å²) in [6.45, 7) is 0.221. The first-order chi connectivity index (χ1) is 15.7. The summed E-state index contributed by atoms with van der Waals surface area (Å²) in [7, 11) is 0. The normalized spacial score (nSPS) is 10.2. The lowest BCUT2D eigenvalue weighted by Crippen LogP contribution is -2.10. The van der Waals surface area contributed by atoms with E-state index >= 15 is 0 Å². The van der Waals surface area contributed by atoms with Crippen molar-refractivity contribution in [2.75, 3.05) is 0 Å². The molecular formula is C24H17F3N4O2. The van der Waals surface area contributed by atoms with Crippen LogP contribution in [0.25, 0.3) is 10.9 Å². The van der Waals surface area contributed by atoms with Gasteiger partial charge in [-0.2, -0.15) is 5.26 Å². The first kappa shape index (κ1) is 23.1. The van der Waals surface area contributed by atoms with Crippen molar-refractivity contribution >= 4 is 23.0 Å². The Morgan fingerprint density at radius 2 is 1.82 bits per heavy atom. The highest BCUT2D eigenvalue weighted by Gasteiger charge is 2.12. The number of primary amides is 1. The van der Waals surface area contributed by atoms with Crippen LogP contribution in [0.4, 0.5) is 13.2 Å². The molecule has 0 fully saturated rings. The van der Waals surface area contributed by atoms with E-state index in [0.29, 0.717) is 5.56 Å². The lowest BCUT2D eigenvalue weighted by molar-refractivity contribution is 0.1000. The van der Waals surface area contributed by atoms with E-state index in [2.05, 4.69) is 0 Å². The van der Waals surface area contributed by atoms with Crippen molar-refractivity contribution in [3.8, 4) is 11.8 Å². The maximum atomic E-state index is 13.2. The third-order valence-corrected chi connectivity index (χ3v) is 4.80. The van der Waals surface area contributed by atoms with E-state index in [9.17, 15) is 18.0 Å². The van der Waals surface area contributed by atoms with E-state index in [4.69, 9.17) is 21.5 Å². The smallest absolute Gasteiger partial charge is 0.248 e. The van der Waals surface area contributed by atoms with Crippen LogP contribution in [-0.2, 0) is 6.54 Å². The minimum Gasteiger partial charge on any atom is -0.507 e. The van der Waals surface area contributed by atoms with E-state index < -0.39 is 23.4 Å². The number of fused-ring (bicyclic) bond motifs is 1. The lowest BCUT2D eigenvalue weighted by Gasteiger charge is -2.07. The summed E-state index contributed by atoms with van der Waals surface area (Å²) >= 11 is 0. The van der Waals surface area contributed by atoms with Crippen molar-refractivity contribution in [2.24, 2.45) is 5.73 Å². The summed E-state index contributed by atoms with van der Waals surface area (Å²) < 4.78 is 41.3. The molecule has 1 aromatic heterocycles. The van der Waals surface area contributed by atoms with Crippen LogP contribution in [0.1, 0.15) is 27.0 Å². The standard InChI is InChI=1S/C16H11F3N2.C8H6N2O2/c17-13-6-10(7-14(18)16(13)19)9-21-5-4-12-11(8-20)2-1-3-15(12)21;9-4-6-3-5(8(10)12)1-2-7(6)11/h1-8,20H,9H2;1-3,11H,(H2,10,12). The molecule has 9 heteroatoms. The predicted octanol–water partition coefficient (Wildman–Crippen LogP) is 4.47. The van der Waals surface area contributed by atoms with Crippen molar-refractivity contribution in [3.63, 3.8) is 0 Å². The molecule has 1 heterocycles. The van der Waals surface area contributed by atoms with Gasteiger partial charge in [-0.15, -0.1) is 0 Å². The maximum absolute atomic E-state index is 13.2. The molecule has 33 heavy (non-hydrogen) atoms. The van der Waals surface area contributed by atoms with Gasteiger partial charge >= 0.3 is 0 Å². The zero-order chi connectivity index (χ0) is 24.1. The number of nitrogens with one attached hydrogen (secondary N) is 1. The number of rotatable bonds is 4. The Morgan fingerprint density at radius 1 is 1.12 bits per heavy atom. The maximum Gasteiger partial charge on any atom is 0.248 e. The van der Waals surface area contributed by atoms with Crippen molar-refractivity contribution in [3.05, 3.63) is 100 Å². The minimum atomic E-state index is -1.46. The van der Waals surface area contributed by atoms with Gasteiger partial charge in [0.25, 0.3) is 0 Å². The first-order valence-corrected chi connectivity index (χ1v) is 9.49. The van der Waals surface area contributed by atoms with Crippen LogP contribution < -0.4 is 5.73 Å². The van der Waals surface area contributed by atoms with Gasteiger partial charge in [0.05, 0.1) is 5.56 Å². The van der Waals surface area contributed by atoms with E-state index in [-0.39, 0.29) is 23.4 Å². The Hall–Kier alpha value is -4.58. The van der Waals surface area contributed by atoms with E-state index in [1.165, 1.54) is 24.4 Å². The molecule has 0 aliphatic heterocycles. The molecule has 4 N–H and O–H groups in total. The topological polar surface area (TPSA) is 116 Å². The zero-order valence-corrected chi connectivity index (χ0v) is 17.0. The Kier molecular flexibility index (Phi) is 6.79. The molecule has 0 saturated carbocycles. The molecule has 0 atom stereocenters. The summed E-state index contributed by atoms with van der Waals surface area (Å²) in [6.07, 6.45) is 3.03. The van der Waals surface area contributed by atoms with Crippen molar-refractivity contribution in [1.82, 2.24) is 4.57 Å². The number of carbonyl (C=O) groups excluding carboxylic acids is 1. The number of hydrogen-bond donors (Lipinski definition) is 3. The Balaban J connectivity index is 0.000000218. The summed E-state index contributed by atoms with van der Waals surface area (Å²) in [5.41, 5.74) is 7.17. The number of nitrogens with two attached hydrogens (primary N) is 1. The van der Waals surface area contributed by atoms with Gasteiger partial charge in [0.1, 0.15) is 11.8 Å². The fourth-order valence-electron chi connectivity index (χ4n) is 3.19. The average molecular weight is 450 g/mol. The fourth-order valence-corrected chi connectivity index (χ4v) is 3.19. The highest BCUT2D eigenvalue weighted by Crippen LogP contribution is 2.21. The summed E-state index contributed by atoms with van der Waals surface area (Å²) in [5, 5.41) is 25.8. The van der Waals surface area contributed by atoms with Gasteiger partial charge in [-0.1, -0.05) is 12.1 Å². The monoisotopic (exact) mass is 450 g/mol. The van der Waals surface area contributed by atoms with E-state index in [1.807, 2.05) is 24.3 Å². The molecule has 166 valence electrons. The average Bonchev–Trinajstić information content (AvgIpc) is 3.21. The highest BCUT2D eigenvalue weighted by molar-refractivity contribution is 5.98. The molecule has 4 rings (SSSR count). The molecule has 0 unspecified atom stereocenters. The molecule has 0 aliphatic carbocycles. The number of nitrogens with zero attached hydrogens (tertiary/aromatic N) is 2.